The average Bonchev–Trinajstić information content (AvgIpc) is 2.72. The van der Waals surface area contributed by atoms with E-state index in [1.165, 1.54) is 0 Å². The molecule has 0 atom stereocenters. The van der Waals surface area contributed by atoms with E-state index in [1.54, 1.807) is 18.4 Å². The Bertz CT molecular complexity index is 385. The van der Waals surface area contributed by atoms with Gasteiger partial charge in [0.1, 0.15) is 5.00 Å². The van der Waals surface area contributed by atoms with Crippen LogP contribution >= 0.6 is 11.3 Å². The van der Waals surface area contributed by atoms with Gasteiger partial charge in [-0.2, -0.15) is 0 Å². The maximum Gasteiger partial charge on any atom is 0.189 e. The van der Waals surface area contributed by atoms with Crippen LogP contribution in [0.1, 0.15) is 19.0 Å². The lowest BCUT2D eigenvalue weighted by atomic mass is 10.4. The monoisotopic (exact) mass is 253 g/mol. The second kappa shape index (κ2) is 7.86. The number of nitrogens with one attached hydrogen (secondary N) is 2. The minimum absolute atomic E-state index is 0.738. The number of ether oxygens (including phenoxy) is 1. The number of rotatable bonds is 7. The van der Waals surface area contributed by atoms with Gasteiger partial charge in [0.15, 0.2) is 5.13 Å². The molecule has 1 heterocycles. The van der Waals surface area contributed by atoms with Crippen LogP contribution in [0.3, 0.4) is 0 Å². The minimum Gasteiger partial charge on any atom is -0.384 e. The van der Waals surface area contributed by atoms with Gasteiger partial charge in [-0.15, -0.1) is 0 Å². The third-order valence-corrected chi connectivity index (χ3v) is 3.04. The number of allylic oxidation sites excluding steroid dienone is 1. The van der Waals surface area contributed by atoms with Crippen molar-refractivity contribution in [3.63, 3.8) is 0 Å². The van der Waals surface area contributed by atoms with E-state index in [4.69, 9.17) is 4.74 Å². The van der Waals surface area contributed by atoms with E-state index >= 15 is 0 Å². The molecule has 0 aliphatic carbocycles. The normalized spacial score (nSPS) is 11.5. The summed E-state index contributed by atoms with van der Waals surface area (Å²) in [5, 5.41) is 8.24. The minimum atomic E-state index is 0.738. The highest BCUT2D eigenvalue weighted by atomic mass is 32.1. The molecule has 4 nitrogen and oxygen atoms in total. The molecule has 0 aliphatic heterocycles. The first-order valence-corrected chi connectivity index (χ1v) is 6.35. The fourth-order valence-corrected chi connectivity index (χ4v) is 2.03. The van der Waals surface area contributed by atoms with E-state index in [0.717, 1.165) is 28.9 Å². The molecular formula is C12H19N3OS. The molecule has 0 saturated heterocycles. The molecule has 94 valence electrons. The molecule has 17 heavy (non-hydrogen) atoms. The van der Waals surface area contributed by atoms with Crippen molar-refractivity contribution in [2.45, 2.75) is 13.3 Å². The van der Waals surface area contributed by atoms with Gasteiger partial charge >= 0.3 is 0 Å². The Balaban J connectivity index is 2.56. The number of methoxy groups -OCH3 is 1. The van der Waals surface area contributed by atoms with Crippen molar-refractivity contribution in [2.24, 2.45) is 0 Å². The molecule has 0 unspecified atom stereocenters. The summed E-state index contributed by atoms with van der Waals surface area (Å²) >= 11 is 1.60. The summed E-state index contributed by atoms with van der Waals surface area (Å²) in [7, 11) is 3.60. The maximum absolute atomic E-state index is 4.96. The Hall–Kier alpha value is -1.33. The summed E-state index contributed by atoms with van der Waals surface area (Å²) in [5.41, 5.74) is 0.966. The molecule has 1 rings (SSSR count). The highest BCUT2D eigenvalue weighted by Crippen LogP contribution is 2.28. The zero-order chi connectivity index (χ0) is 12.5. The van der Waals surface area contributed by atoms with Gasteiger partial charge in [0.2, 0.25) is 0 Å². The summed E-state index contributed by atoms with van der Waals surface area (Å²) in [4.78, 5) is 4.46. The van der Waals surface area contributed by atoms with Gasteiger partial charge in [-0.3, -0.25) is 0 Å². The third-order valence-electron chi connectivity index (χ3n) is 2.02. The smallest absolute Gasteiger partial charge is 0.189 e. The number of hydrogen-bond donors (Lipinski definition) is 2. The van der Waals surface area contributed by atoms with Crippen LogP contribution in [0.5, 0.6) is 0 Å². The number of hydrogen-bond acceptors (Lipinski definition) is 5. The summed E-state index contributed by atoms with van der Waals surface area (Å²) in [6.45, 7) is 2.72. The van der Waals surface area contributed by atoms with Crippen LogP contribution in [-0.4, -0.2) is 25.7 Å². The van der Waals surface area contributed by atoms with Crippen molar-refractivity contribution in [3.8, 4) is 0 Å². The van der Waals surface area contributed by atoms with E-state index < -0.39 is 0 Å². The maximum atomic E-state index is 4.96. The zero-order valence-corrected chi connectivity index (χ0v) is 11.3. The van der Waals surface area contributed by atoms with Gasteiger partial charge in [-0.05, 0) is 25.6 Å². The highest BCUT2D eigenvalue weighted by Gasteiger charge is 2.05. The fraction of sp³-hybridized carbons (Fsp3) is 0.417. The highest BCUT2D eigenvalue weighted by molar-refractivity contribution is 7.19. The predicted octanol–water partition coefficient (Wildman–Crippen LogP) is 3.18. The average molecular weight is 253 g/mol. The fourth-order valence-electron chi connectivity index (χ4n) is 1.24. The van der Waals surface area contributed by atoms with Gasteiger partial charge in [0.05, 0.1) is 5.69 Å². The van der Waals surface area contributed by atoms with Crippen molar-refractivity contribution in [1.29, 1.82) is 0 Å². The van der Waals surface area contributed by atoms with Crippen LogP contribution < -0.4 is 10.6 Å². The SMILES string of the molecule is C/C=C\c1nc(N/C=C/CCOC)sc1NC. The van der Waals surface area contributed by atoms with Crippen LogP contribution in [-0.2, 0) is 4.74 Å². The van der Waals surface area contributed by atoms with Gasteiger partial charge in [0.25, 0.3) is 0 Å². The summed E-state index contributed by atoms with van der Waals surface area (Å²) in [6, 6.07) is 0. The van der Waals surface area contributed by atoms with Crippen molar-refractivity contribution in [1.82, 2.24) is 4.98 Å². The Morgan fingerprint density at radius 1 is 1.47 bits per heavy atom. The van der Waals surface area contributed by atoms with Gasteiger partial charge in [-0.25, -0.2) is 4.98 Å². The number of nitrogens with zero attached hydrogens (tertiary/aromatic N) is 1. The van der Waals surface area contributed by atoms with Crippen LogP contribution in [0.15, 0.2) is 18.4 Å². The van der Waals surface area contributed by atoms with Crippen molar-refractivity contribution < 1.29 is 4.74 Å². The summed E-state index contributed by atoms with van der Waals surface area (Å²) in [5.74, 6) is 0. The van der Waals surface area contributed by atoms with E-state index in [1.807, 2.05) is 38.4 Å². The molecule has 0 radical (unpaired) electrons. The largest absolute Gasteiger partial charge is 0.384 e. The molecule has 1 aromatic heterocycles. The van der Waals surface area contributed by atoms with Crippen LogP contribution in [0.2, 0.25) is 0 Å². The zero-order valence-electron chi connectivity index (χ0n) is 10.5. The second-order valence-electron chi connectivity index (χ2n) is 3.31. The number of aromatic nitrogens is 1. The van der Waals surface area contributed by atoms with Crippen molar-refractivity contribution in [2.75, 3.05) is 31.4 Å². The molecular weight excluding hydrogens is 234 g/mol. The lowest BCUT2D eigenvalue weighted by molar-refractivity contribution is 0.204. The summed E-state index contributed by atoms with van der Waals surface area (Å²) in [6.07, 6.45) is 8.79. The lowest BCUT2D eigenvalue weighted by Gasteiger charge is -1.93. The van der Waals surface area contributed by atoms with Crippen LogP contribution in [0.4, 0.5) is 10.1 Å². The van der Waals surface area contributed by atoms with Crippen LogP contribution in [0, 0.1) is 0 Å². The summed E-state index contributed by atoms with van der Waals surface area (Å²) < 4.78 is 4.96. The van der Waals surface area contributed by atoms with E-state index in [9.17, 15) is 0 Å². The quantitative estimate of drug-likeness (QED) is 0.733. The molecule has 5 heteroatoms. The number of thiazole rings is 1. The Morgan fingerprint density at radius 3 is 2.94 bits per heavy atom. The number of anilines is 2. The van der Waals surface area contributed by atoms with Gasteiger partial charge in [-0.1, -0.05) is 23.5 Å². The van der Waals surface area contributed by atoms with Gasteiger partial charge in [0, 0.05) is 20.8 Å². The second-order valence-corrected chi connectivity index (χ2v) is 4.31. The Morgan fingerprint density at radius 2 is 2.29 bits per heavy atom. The topological polar surface area (TPSA) is 46.2 Å². The van der Waals surface area contributed by atoms with Gasteiger partial charge < -0.3 is 15.4 Å². The predicted molar refractivity (Wildman–Crippen MR) is 75.6 cm³/mol. The standard InChI is InChI=1S/C12H19N3OS/c1-4-7-10-11(13-2)17-12(15-10)14-8-5-6-9-16-3/h4-5,7-8,13H,6,9H2,1-3H3,(H,14,15)/b7-4-,8-5+. The lowest BCUT2D eigenvalue weighted by Crippen LogP contribution is -1.88. The van der Waals surface area contributed by atoms with Crippen LogP contribution in [0.25, 0.3) is 6.08 Å². The first kappa shape index (κ1) is 13.7. The Labute approximate surface area is 106 Å². The van der Waals surface area contributed by atoms with E-state index in [-0.39, 0.29) is 0 Å². The van der Waals surface area contributed by atoms with E-state index in [2.05, 4.69) is 15.6 Å². The first-order chi connectivity index (χ1) is 8.31. The molecule has 1 aromatic rings. The third kappa shape index (κ3) is 4.58. The Kier molecular flexibility index (Phi) is 6.35. The molecule has 0 aliphatic rings. The molecule has 0 fully saturated rings. The molecule has 0 saturated carbocycles. The molecule has 2 N–H and O–H groups in total. The first-order valence-electron chi connectivity index (χ1n) is 5.53. The molecule has 0 amide bonds. The molecule has 0 spiro atoms. The van der Waals surface area contributed by atoms with Crippen molar-refractivity contribution >= 4 is 27.5 Å². The molecule has 0 bridgehead atoms. The molecule has 0 aromatic carbocycles. The van der Waals surface area contributed by atoms with Crippen molar-refractivity contribution in [3.05, 3.63) is 24.0 Å². The van der Waals surface area contributed by atoms with E-state index in [0.29, 0.717) is 0 Å².